The number of benzene rings is 1. The molecule has 2 aromatic rings. The summed E-state index contributed by atoms with van der Waals surface area (Å²) < 4.78 is 38.6. The number of hydrogen-bond acceptors (Lipinski definition) is 3. The second kappa shape index (κ2) is 5.04. The van der Waals surface area contributed by atoms with Crippen LogP contribution in [-0.2, 0) is 6.18 Å². The lowest BCUT2D eigenvalue weighted by molar-refractivity contribution is -0.137. The zero-order valence-electron chi connectivity index (χ0n) is 10.9. The van der Waals surface area contributed by atoms with Gasteiger partial charge in [-0.3, -0.25) is 4.79 Å². The molecular formula is C14H10ClF3N2O. The second-order valence-corrected chi connectivity index (χ2v) is 4.78. The number of pyridine rings is 1. The van der Waals surface area contributed by atoms with Gasteiger partial charge in [-0.2, -0.15) is 13.2 Å². The Hall–Kier alpha value is -2.08. The van der Waals surface area contributed by atoms with Gasteiger partial charge in [0.2, 0.25) is 0 Å². The number of nitrogens with zero attached hydrogens (tertiary/aromatic N) is 1. The molecule has 0 aliphatic rings. The molecule has 0 unspecified atom stereocenters. The number of ketones is 1. The number of halogens is 4. The van der Waals surface area contributed by atoms with Crippen molar-refractivity contribution in [2.75, 3.05) is 5.73 Å². The lowest BCUT2D eigenvalue weighted by Crippen LogP contribution is -2.08. The largest absolute Gasteiger partial charge is 0.416 e. The van der Waals surface area contributed by atoms with Crippen LogP contribution in [0.4, 0.5) is 18.9 Å². The van der Waals surface area contributed by atoms with E-state index in [0.29, 0.717) is 0 Å². The molecule has 2 N–H and O–H groups in total. The normalized spacial score (nSPS) is 11.7. The van der Waals surface area contributed by atoms with Crippen LogP contribution in [0.5, 0.6) is 0 Å². The van der Waals surface area contributed by atoms with Gasteiger partial charge in [0.1, 0.15) is 0 Å². The molecule has 21 heavy (non-hydrogen) atoms. The van der Waals surface area contributed by atoms with Crippen molar-refractivity contribution in [3.8, 4) is 0 Å². The molecule has 110 valence electrons. The molecule has 0 radical (unpaired) electrons. The van der Waals surface area contributed by atoms with Crippen molar-refractivity contribution in [1.82, 2.24) is 4.98 Å². The molecule has 3 nitrogen and oxygen atoms in total. The number of carbonyl (C=O) groups is 1. The van der Waals surface area contributed by atoms with E-state index in [0.717, 1.165) is 12.1 Å². The minimum Gasteiger partial charge on any atom is -0.397 e. The van der Waals surface area contributed by atoms with Crippen LogP contribution >= 0.6 is 11.6 Å². The number of Topliss-reactive ketones (excluding diaryl/α,β-unsaturated/α-hetero) is 1. The molecule has 0 saturated heterocycles. The van der Waals surface area contributed by atoms with Crippen LogP contribution < -0.4 is 5.73 Å². The van der Waals surface area contributed by atoms with Crippen molar-refractivity contribution < 1.29 is 18.0 Å². The summed E-state index contributed by atoms with van der Waals surface area (Å²) in [5, 5.41) is -0.0610. The molecule has 7 heteroatoms. The summed E-state index contributed by atoms with van der Waals surface area (Å²) >= 11 is 6.03. The molecule has 0 saturated carbocycles. The van der Waals surface area contributed by atoms with Gasteiger partial charge in [0.25, 0.3) is 0 Å². The highest BCUT2D eigenvalue weighted by atomic mass is 35.5. The summed E-state index contributed by atoms with van der Waals surface area (Å²) in [6.07, 6.45) is -3.27. The molecule has 0 aliphatic heterocycles. The summed E-state index contributed by atoms with van der Waals surface area (Å²) in [6.45, 7) is 4.72. The van der Waals surface area contributed by atoms with Gasteiger partial charge in [-0.15, -0.1) is 0 Å². The minimum atomic E-state index is -4.58. The van der Waals surface area contributed by atoms with Gasteiger partial charge in [0.15, 0.2) is 5.78 Å². The summed E-state index contributed by atoms with van der Waals surface area (Å²) in [5.41, 5.74) is 4.75. The summed E-state index contributed by atoms with van der Waals surface area (Å²) in [5.74, 6) is -0.478. The third kappa shape index (κ3) is 2.58. The number of alkyl halides is 3. The van der Waals surface area contributed by atoms with Crippen molar-refractivity contribution >= 4 is 40.1 Å². The Bertz CT molecular complexity index is 769. The third-order valence-electron chi connectivity index (χ3n) is 2.96. The van der Waals surface area contributed by atoms with Crippen molar-refractivity contribution in [3.63, 3.8) is 0 Å². The van der Waals surface area contributed by atoms with Gasteiger partial charge >= 0.3 is 6.18 Å². The van der Waals surface area contributed by atoms with E-state index in [1.54, 1.807) is 0 Å². The molecule has 1 aromatic heterocycles. The lowest BCUT2D eigenvalue weighted by Gasteiger charge is -2.14. The maximum Gasteiger partial charge on any atom is 0.416 e. The van der Waals surface area contributed by atoms with Crippen LogP contribution in [-0.4, -0.2) is 10.8 Å². The number of aromatic nitrogens is 1. The molecule has 0 aliphatic carbocycles. The van der Waals surface area contributed by atoms with E-state index in [4.69, 9.17) is 17.3 Å². The van der Waals surface area contributed by atoms with E-state index < -0.39 is 17.5 Å². The van der Waals surface area contributed by atoms with Crippen LogP contribution in [0.1, 0.15) is 28.5 Å². The zero-order chi connectivity index (χ0) is 15.9. The van der Waals surface area contributed by atoms with E-state index in [-0.39, 0.29) is 32.9 Å². The highest BCUT2D eigenvalue weighted by molar-refractivity contribution is 6.37. The fourth-order valence-corrected chi connectivity index (χ4v) is 2.39. The topological polar surface area (TPSA) is 56.0 Å². The average Bonchev–Trinajstić information content (AvgIpc) is 2.36. The molecular weight excluding hydrogens is 305 g/mol. The minimum absolute atomic E-state index is 0.0228. The maximum absolute atomic E-state index is 12.9. The van der Waals surface area contributed by atoms with Gasteiger partial charge in [-0.05, 0) is 25.1 Å². The monoisotopic (exact) mass is 314 g/mol. The highest BCUT2D eigenvalue weighted by Gasteiger charge is 2.32. The van der Waals surface area contributed by atoms with Crippen molar-refractivity contribution in [1.29, 1.82) is 0 Å². The van der Waals surface area contributed by atoms with Crippen molar-refractivity contribution in [2.45, 2.75) is 13.1 Å². The number of hydrogen-bond donors (Lipinski definition) is 1. The number of nitrogen functional groups attached to an aromatic ring is 1. The van der Waals surface area contributed by atoms with E-state index >= 15 is 0 Å². The van der Waals surface area contributed by atoms with Crippen LogP contribution in [0.25, 0.3) is 17.0 Å². The molecule has 0 spiro atoms. The van der Waals surface area contributed by atoms with E-state index in [9.17, 15) is 18.0 Å². The van der Waals surface area contributed by atoms with Gasteiger partial charge in [0, 0.05) is 10.9 Å². The molecule has 2 rings (SSSR count). The summed E-state index contributed by atoms with van der Waals surface area (Å²) in [7, 11) is 0. The Labute approximate surface area is 123 Å². The molecule has 0 bridgehead atoms. The number of carbonyl (C=O) groups excluding carboxylic acids is 1. The fraction of sp³-hybridized carbons (Fsp3) is 0.143. The van der Waals surface area contributed by atoms with Gasteiger partial charge < -0.3 is 5.73 Å². The Morgan fingerprint density at radius 3 is 2.52 bits per heavy atom. The Morgan fingerprint density at radius 1 is 1.43 bits per heavy atom. The Balaban J connectivity index is 3.00. The van der Waals surface area contributed by atoms with E-state index in [1.165, 1.54) is 13.0 Å². The smallest absolute Gasteiger partial charge is 0.397 e. The van der Waals surface area contributed by atoms with Crippen LogP contribution in [0, 0.1) is 0 Å². The van der Waals surface area contributed by atoms with Crippen LogP contribution in [0.2, 0.25) is 5.02 Å². The second-order valence-electron chi connectivity index (χ2n) is 4.41. The molecule has 0 atom stereocenters. The summed E-state index contributed by atoms with van der Waals surface area (Å²) in [4.78, 5) is 15.8. The van der Waals surface area contributed by atoms with Gasteiger partial charge in [-0.25, -0.2) is 4.98 Å². The first kappa shape index (κ1) is 15.3. The first-order chi connectivity index (χ1) is 9.66. The molecule has 1 heterocycles. The first-order valence-corrected chi connectivity index (χ1v) is 6.18. The van der Waals surface area contributed by atoms with Crippen molar-refractivity contribution in [2.24, 2.45) is 0 Å². The molecule has 0 amide bonds. The zero-order valence-corrected chi connectivity index (χ0v) is 11.6. The average molecular weight is 315 g/mol. The number of anilines is 1. The predicted octanol–water partition coefficient (Wildman–Crippen LogP) is 4.33. The quantitative estimate of drug-likeness (QED) is 0.663. The molecule has 1 aromatic carbocycles. The van der Waals surface area contributed by atoms with E-state index in [1.807, 2.05) is 0 Å². The highest BCUT2D eigenvalue weighted by Crippen LogP contribution is 2.37. The predicted molar refractivity (Wildman–Crippen MR) is 76.3 cm³/mol. The Morgan fingerprint density at radius 2 is 2.05 bits per heavy atom. The number of rotatable bonds is 2. The number of nitrogens with two attached hydrogens (primary N) is 1. The van der Waals surface area contributed by atoms with Crippen LogP contribution in [0.3, 0.4) is 0 Å². The summed E-state index contributed by atoms with van der Waals surface area (Å²) in [6, 6.07) is 1.61. The van der Waals surface area contributed by atoms with Crippen LogP contribution in [0.15, 0.2) is 18.7 Å². The standard InChI is InChI=1S/C14H10ClF3N2O/c1-3-10-12(15)11(6(2)21)8-4-7(14(16,17)18)5-9(19)13(8)20-10/h3-5H,1,19H2,2H3. The van der Waals surface area contributed by atoms with Gasteiger partial charge in [-0.1, -0.05) is 18.2 Å². The van der Waals surface area contributed by atoms with Crippen molar-refractivity contribution in [3.05, 3.63) is 40.6 Å². The lowest BCUT2D eigenvalue weighted by atomic mass is 10.0. The third-order valence-corrected chi connectivity index (χ3v) is 3.34. The molecule has 0 fully saturated rings. The Kier molecular flexibility index (Phi) is 3.67. The van der Waals surface area contributed by atoms with E-state index in [2.05, 4.69) is 11.6 Å². The maximum atomic E-state index is 12.9. The fourth-order valence-electron chi connectivity index (χ4n) is 2.03. The SMILES string of the molecule is C=Cc1nc2c(N)cc(C(F)(F)F)cc2c(C(C)=O)c1Cl. The van der Waals surface area contributed by atoms with Gasteiger partial charge in [0.05, 0.1) is 27.5 Å². The first-order valence-electron chi connectivity index (χ1n) is 5.80. The number of fused-ring (bicyclic) bond motifs is 1.